The number of nitrogen functional groups attached to an aromatic ring is 1. The molecule has 1 unspecified atom stereocenters. The molecule has 0 aliphatic carbocycles. The van der Waals surface area contributed by atoms with Crippen molar-refractivity contribution in [2.45, 2.75) is 33.2 Å². The summed E-state index contributed by atoms with van der Waals surface area (Å²) in [5, 5.41) is 3.27. The zero-order valence-electron chi connectivity index (χ0n) is 8.99. The Bertz CT molecular complexity index is 285. The van der Waals surface area contributed by atoms with Crippen molar-refractivity contribution in [3.05, 3.63) is 12.5 Å². The van der Waals surface area contributed by atoms with Gasteiger partial charge in [-0.05, 0) is 19.3 Å². The van der Waals surface area contributed by atoms with Gasteiger partial charge in [0.2, 0.25) is 0 Å². The van der Waals surface area contributed by atoms with Crippen molar-refractivity contribution in [2.24, 2.45) is 5.92 Å². The van der Waals surface area contributed by atoms with Crippen LogP contribution in [0.1, 0.15) is 27.2 Å². The average Bonchev–Trinajstić information content (AvgIpc) is 2.07. The van der Waals surface area contributed by atoms with E-state index in [0.717, 1.165) is 12.2 Å². The van der Waals surface area contributed by atoms with Gasteiger partial charge in [-0.15, -0.1) is 0 Å². The Kier molecular flexibility index (Phi) is 3.68. The molecule has 1 atom stereocenters. The number of hydrogen-bond acceptors (Lipinski definition) is 4. The second-order valence-corrected chi connectivity index (χ2v) is 4.00. The quantitative estimate of drug-likeness (QED) is 0.768. The minimum atomic E-state index is 0.382. The molecule has 0 amide bonds. The van der Waals surface area contributed by atoms with Crippen molar-refractivity contribution in [2.75, 3.05) is 11.1 Å². The van der Waals surface area contributed by atoms with Gasteiger partial charge in [-0.2, -0.15) is 0 Å². The number of nitrogens with two attached hydrogens (primary N) is 1. The molecule has 1 aromatic heterocycles. The largest absolute Gasteiger partial charge is 0.394 e. The molecular formula is C10H18N4. The molecule has 0 saturated carbocycles. The molecule has 14 heavy (non-hydrogen) atoms. The lowest BCUT2D eigenvalue weighted by Gasteiger charge is -2.17. The van der Waals surface area contributed by atoms with Gasteiger partial charge in [0.05, 0.1) is 11.9 Å². The Hall–Kier alpha value is -1.32. The molecule has 0 bridgehead atoms. The SMILES string of the molecule is CC(C)CC(C)Nc1ncncc1N. The van der Waals surface area contributed by atoms with Crippen LogP contribution in [0.2, 0.25) is 0 Å². The maximum atomic E-state index is 5.71. The smallest absolute Gasteiger partial charge is 0.152 e. The van der Waals surface area contributed by atoms with E-state index >= 15 is 0 Å². The maximum Gasteiger partial charge on any atom is 0.152 e. The topological polar surface area (TPSA) is 63.8 Å². The van der Waals surface area contributed by atoms with Crippen LogP contribution >= 0.6 is 0 Å². The summed E-state index contributed by atoms with van der Waals surface area (Å²) in [6, 6.07) is 0.382. The first-order valence-corrected chi connectivity index (χ1v) is 4.91. The summed E-state index contributed by atoms with van der Waals surface area (Å²) in [6.45, 7) is 6.52. The molecular weight excluding hydrogens is 176 g/mol. The van der Waals surface area contributed by atoms with Crippen LogP contribution in [-0.2, 0) is 0 Å². The molecule has 0 radical (unpaired) electrons. The number of rotatable bonds is 4. The van der Waals surface area contributed by atoms with Crippen LogP contribution in [0.15, 0.2) is 12.5 Å². The van der Waals surface area contributed by atoms with Crippen molar-refractivity contribution in [1.29, 1.82) is 0 Å². The summed E-state index contributed by atoms with van der Waals surface area (Å²) in [5.41, 5.74) is 6.31. The third-order valence-corrected chi connectivity index (χ3v) is 1.95. The van der Waals surface area contributed by atoms with Crippen LogP contribution in [0.4, 0.5) is 11.5 Å². The highest BCUT2D eigenvalue weighted by atomic mass is 15.0. The molecule has 0 aliphatic rings. The zero-order valence-corrected chi connectivity index (χ0v) is 8.99. The summed E-state index contributed by atoms with van der Waals surface area (Å²) in [6.07, 6.45) is 4.21. The van der Waals surface area contributed by atoms with Crippen LogP contribution in [0, 0.1) is 5.92 Å². The van der Waals surface area contributed by atoms with Crippen molar-refractivity contribution < 1.29 is 0 Å². The van der Waals surface area contributed by atoms with E-state index in [-0.39, 0.29) is 0 Å². The fourth-order valence-electron chi connectivity index (χ4n) is 1.46. The molecule has 3 N–H and O–H groups in total. The summed E-state index contributed by atoms with van der Waals surface area (Å²) in [4.78, 5) is 7.92. The van der Waals surface area contributed by atoms with Gasteiger partial charge in [-0.25, -0.2) is 9.97 Å². The van der Waals surface area contributed by atoms with Crippen LogP contribution < -0.4 is 11.1 Å². The third kappa shape index (κ3) is 3.20. The first-order valence-electron chi connectivity index (χ1n) is 4.91. The molecule has 1 aromatic rings. The van der Waals surface area contributed by atoms with Crippen LogP contribution in [0.3, 0.4) is 0 Å². The van der Waals surface area contributed by atoms with Gasteiger partial charge in [0.15, 0.2) is 5.82 Å². The number of anilines is 2. The molecule has 0 fully saturated rings. The molecule has 0 aliphatic heterocycles. The van der Waals surface area contributed by atoms with Crippen LogP contribution in [-0.4, -0.2) is 16.0 Å². The van der Waals surface area contributed by atoms with E-state index in [1.165, 1.54) is 6.33 Å². The lowest BCUT2D eigenvalue weighted by Crippen LogP contribution is -2.19. The van der Waals surface area contributed by atoms with E-state index in [4.69, 9.17) is 5.73 Å². The number of aromatic nitrogens is 2. The van der Waals surface area contributed by atoms with Gasteiger partial charge in [-0.3, -0.25) is 0 Å². The van der Waals surface area contributed by atoms with Gasteiger partial charge < -0.3 is 11.1 Å². The molecule has 4 nitrogen and oxygen atoms in total. The number of nitrogens with zero attached hydrogens (tertiary/aromatic N) is 2. The molecule has 0 saturated heterocycles. The number of hydrogen-bond donors (Lipinski definition) is 2. The van der Waals surface area contributed by atoms with E-state index in [2.05, 4.69) is 36.1 Å². The highest BCUT2D eigenvalue weighted by molar-refractivity contribution is 5.59. The molecule has 1 rings (SSSR count). The maximum absolute atomic E-state index is 5.71. The monoisotopic (exact) mass is 194 g/mol. The Morgan fingerprint density at radius 3 is 2.71 bits per heavy atom. The zero-order chi connectivity index (χ0) is 10.6. The van der Waals surface area contributed by atoms with Crippen LogP contribution in [0.5, 0.6) is 0 Å². The fraction of sp³-hybridized carbons (Fsp3) is 0.600. The Morgan fingerprint density at radius 1 is 1.43 bits per heavy atom. The third-order valence-electron chi connectivity index (χ3n) is 1.95. The van der Waals surface area contributed by atoms with Crippen molar-refractivity contribution >= 4 is 11.5 Å². The molecule has 1 heterocycles. The number of nitrogens with one attached hydrogen (secondary N) is 1. The van der Waals surface area contributed by atoms with Crippen molar-refractivity contribution in [3.8, 4) is 0 Å². The molecule has 4 heteroatoms. The Balaban J connectivity index is 2.56. The lowest BCUT2D eigenvalue weighted by atomic mass is 10.1. The summed E-state index contributed by atoms with van der Waals surface area (Å²) >= 11 is 0. The molecule has 0 spiro atoms. The Labute approximate surface area is 85.0 Å². The van der Waals surface area contributed by atoms with E-state index < -0.39 is 0 Å². The Morgan fingerprint density at radius 2 is 2.14 bits per heavy atom. The van der Waals surface area contributed by atoms with E-state index in [1.807, 2.05) is 0 Å². The van der Waals surface area contributed by atoms with Gasteiger partial charge in [0.25, 0.3) is 0 Å². The van der Waals surface area contributed by atoms with E-state index in [9.17, 15) is 0 Å². The first-order chi connectivity index (χ1) is 6.59. The standard InChI is InChI=1S/C10H18N4/c1-7(2)4-8(3)14-10-9(11)5-12-6-13-10/h5-8H,4,11H2,1-3H3,(H,12,13,14). The summed E-state index contributed by atoms with van der Waals surface area (Å²) < 4.78 is 0. The highest BCUT2D eigenvalue weighted by Crippen LogP contribution is 2.15. The predicted molar refractivity (Wildman–Crippen MR) is 59.0 cm³/mol. The van der Waals surface area contributed by atoms with Crippen LogP contribution in [0.25, 0.3) is 0 Å². The summed E-state index contributed by atoms with van der Waals surface area (Å²) in [7, 11) is 0. The first kappa shape index (κ1) is 10.8. The summed E-state index contributed by atoms with van der Waals surface area (Å²) in [5.74, 6) is 1.40. The highest BCUT2D eigenvalue weighted by Gasteiger charge is 2.07. The molecule has 0 aromatic carbocycles. The second-order valence-electron chi connectivity index (χ2n) is 4.00. The minimum Gasteiger partial charge on any atom is -0.394 e. The lowest BCUT2D eigenvalue weighted by molar-refractivity contribution is 0.539. The predicted octanol–water partition coefficient (Wildman–Crippen LogP) is 1.91. The average molecular weight is 194 g/mol. The van der Waals surface area contributed by atoms with Crippen molar-refractivity contribution in [1.82, 2.24) is 9.97 Å². The van der Waals surface area contributed by atoms with Gasteiger partial charge in [-0.1, -0.05) is 13.8 Å². The van der Waals surface area contributed by atoms with Crippen molar-refractivity contribution in [3.63, 3.8) is 0 Å². The minimum absolute atomic E-state index is 0.382. The van der Waals surface area contributed by atoms with Gasteiger partial charge in [0, 0.05) is 6.04 Å². The van der Waals surface area contributed by atoms with Gasteiger partial charge >= 0.3 is 0 Å². The second kappa shape index (κ2) is 4.79. The van der Waals surface area contributed by atoms with E-state index in [0.29, 0.717) is 17.6 Å². The normalized spacial score (nSPS) is 12.9. The van der Waals surface area contributed by atoms with Gasteiger partial charge in [0.1, 0.15) is 6.33 Å². The fourth-order valence-corrected chi connectivity index (χ4v) is 1.46. The molecule has 78 valence electrons. The van der Waals surface area contributed by atoms with E-state index in [1.54, 1.807) is 6.20 Å².